The van der Waals surface area contributed by atoms with Crippen LogP contribution in [-0.2, 0) is 0 Å². The molecule has 2 nitrogen and oxygen atoms in total. The molecule has 3 rings (SSSR count). The van der Waals surface area contributed by atoms with Crippen LogP contribution in [0.1, 0.15) is 11.1 Å². The predicted molar refractivity (Wildman–Crippen MR) is 101 cm³/mol. The molecule has 23 heavy (non-hydrogen) atoms. The third kappa shape index (κ3) is 3.14. The minimum atomic E-state index is 0.928. The lowest BCUT2D eigenvalue weighted by molar-refractivity contribution is 0.411. The molecular weight excluding hydrogens is 322 g/mol. The summed E-state index contributed by atoms with van der Waals surface area (Å²) in [6.45, 7) is 4.21. The normalized spacial score (nSPS) is 10.8. The number of benzene rings is 2. The van der Waals surface area contributed by atoms with Crippen molar-refractivity contribution in [1.82, 2.24) is 4.37 Å². The molecule has 0 amide bonds. The van der Waals surface area contributed by atoms with E-state index < -0.39 is 0 Å². The smallest absolute Gasteiger partial charge is 0.122 e. The number of hydrogen-bond donors (Lipinski definition) is 0. The van der Waals surface area contributed by atoms with Crippen molar-refractivity contribution in [2.45, 2.75) is 18.7 Å². The number of rotatable bonds is 4. The van der Waals surface area contributed by atoms with Crippen LogP contribution in [-0.4, -0.2) is 17.7 Å². The number of nitrogens with zero attached hydrogens (tertiary/aromatic N) is 1. The predicted octanol–water partition coefficient (Wildman–Crippen LogP) is 5.82. The van der Waals surface area contributed by atoms with Gasteiger partial charge >= 0.3 is 0 Å². The summed E-state index contributed by atoms with van der Waals surface area (Å²) in [5, 5.41) is 0. The quantitative estimate of drug-likeness (QED) is 0.558. The molecule has 0 fully saturated rings. The fourth-order valence-corrected chi connectivity index (χ4v) is 3.76. The highest BCUT2D eigenvalue weighted by Crippen LogP contribution is 2.38. The van der Waals surface area contributed by atoms with Crippen molar-refractivity contribution in [2.24, 2.45) is 0 Å². The lowest BCUT2D eigenvalue weighted by atomic mass is 9.99. The summed E-state index contributed by atoms with van der Waals surface area (Å²) < 4.78 is 9.94. The number of aromatic nitrogens is 1. The van der Waals surface area contributed by atoms with Crippen molar-refractivity contribution in [1.29, 1.82) is 0 Å². The SMILES string of the molecule is COc1cc(-c2sncc2-c2ccc(SC)cc2)cc(C)c1C. The molecule has 3 aromatic rings. The topological polar surface area (TPSA) is 22.1 Å². The van der Waals surface area contributed by atoms with E-state index in [0.717, 1.165) is 11.3 Å². The molecule has 4 heteroatoms. The van der Waals surface area contributed by atoms with Gasteiger partial charge in [0.2, 0.25) is 0 Å². The van der Waals surface area contributed by atoms with Gasteiger partial charge in [-0.3, -0.25) is 0 Å². The lowest BCUT2D eigenvalue weighted by Crippen LogP contribution is -1.91. The minimum absolute atomic E-state index is 0.928. The van der Waals surface area contributed by atoms with Gasteiger partial charge in [-0.05, 0) is 72.1 Å². The van der Waals surface area contributed by atoms with E-state index in [-0.39, 0.29) is 0 Å². The molecule has 0 spiro atoms. The Bertz CT molecular complexity index is 822. The Kier molecular flexibility index (Phi) is 4.74. The molecule has 0 unspecified atom stereocenters. The molecule has 0 saturated carbocycles. The second-order valence-corrected chi connectivity index (χ2v) is 7.10. The van der Waals surface area contributed by atoms with Crippen LogP contribution >= 0.6 is 23.3 Å². The van der Waals surface area contributed by atoms with E-state index in [9.17, 15) is 0 Å². The first kappa shape index (κ1) is 16.1. The molecule has 0 aliphatic rings. The van der Waals surface area contributed by atoms with E-state index in [1.807, 2.05) is 6.20 Å². The fourth-order valence-electron chi connectivity index (χ4n) is 2.59. The molecular formula is C19H19NOS2. The zero-order valence-corrected chi connectivity index (χ0v) is 15.3. The van der Waals surface area contributed by atoms with Crippen LogP contribution in [0.25, 0.3) is 21.6 Å². The maximum absolute atomic E-state index is 5.52. The Morgan fingerprint density at radius 2 is 1.78 bits per heavy atom. The highest BCUT2D eigenvalue weighted by Gasteiger charge is 2.13. The largest absolute Gasteiger partial charge is 0.496 e. The Morgan fingerprint density at radius 1 is 1.04 bits per heavy atom. The van der Waals surface area contributed by atoms with Crippen molar-refractivity contribution in [3.8, 4) is 27.3 Å². The first-order valence-electron chi connectivity index (χ1n) is 7.38. The highest BCUT2D eigenvalue weighted by molar-refractivity contribution is 7.98. The van der Waals surface area contributed by atoms with Gasteiger partial charge in [0.1, 0.15) is 5.75 Å². The van der Waals surface area contributed by atoms with Crippen molar-refractivity contribution in [2.75, 3.05) is 13.4 Å². The summed E-state index contributed by atoms with van der Waals surface area (Å²) in [4.78, 5) is 2.45. The van der Waals surface area contributed by atoms with E-state index in [1.54, 1.807) is 18.9 Å². The van der Waals surface area contributed by atoms with Crippen LogP contribution in [0.15, 0.2) is 47.5 Å². The molecule has 0 saturated heterocycles. The average Bonchev–Trinajstić information content (AvgIpc) is 3.07. The molecule has 0 bridgehead atoms. The molecule has 118 valence electrons. The maximum Gasteiger partial charge on any atom is 0.122 e. The van der Waals surface area contributed by atoms with Gasteiger partial charge in [-0.1, -0.05) is 18.2 Å². The van der Waals surface area contributed by atoms with E-state index in [1.165, 1.54) is 43.6 Å². The van der Waals surface area contributed by atoms with Gasteiger partial charge in [0.25, 0.3) is 0 Å². The van der Waals surface area contributed by atoms with Gasteiger partial charge in [0.05, 0.1) is 12.0 Å². The average molecular weight is 342 g/mol. The molecule has 1 heterocycles. The van der Waals surface area contributed by atoms with E-state index >= 15 is 0 Å². The second-order valence-electron chi connectivity index (χ2n) is 5.42. The van der Waals surface area contributed by atoms with Gasteiger partial charge in [-0.2, -0.15) is 4.37 Å². The van der Waals surface area contributed by atoms with Crippen molar-refractivity contribution in [3.05, 3.63) is 53.7 Å². The van der Waals surface area contributed by atoms with Gasteiger partial charge in [0.15, 0.2) is 0 Å². The first-order chi connectivity index (χ1) is 11.1. The number of methoxy groups -OCH3 is 1. The van der Waals surface area contributed by atoms with Crippen LogP contribution < -0.4 is 4.74 Å². The summed E-state index contributed by atoms with van der Waals surface area (Å²) in [5.41, 5.74) is 5.95. The monoisotopic (exact) mass is 341 g/mol. The van der Waals surface area contributed by atoms with E-state index in [4.69, 9.17) is 4.74 Å². The zero-order valence-electron chi connectivity index (χ0n) is 13.7. The van der Waals surface area contributed by atoms with Crippen LogP contribution in [0.5, 0.6) is 5.75 Å². The molecule has 0 aliphatic carbocycles. The summed E-state index contributed by atoms with van der Waals surface area (Å²) >= 11 is 3.28. The number of thioether (sulfide) groups is 1. The zero-order chi connectivity index (χ0) is 16.4. The molecule has 0 radical (unpaired) electrons. The number of aryl methyl sites for hydroxylation is 1. The van der Waals surface area contributed by atoms with Gasteiger partial charge in [0, 0.05) is 16.7 Å². The molecule has 2 aromatic carbocycles. The van der Waals surface area contributed by atoms with Gasteiger partial charge in [-0.15, -0.1) is 11.8 Å². The van der Waals surface area contributed by atoms with Crippen molar-refractivity contribution in [3.63, 3.8) is 0 Å². The third-order valence-electron chi connectivity index (χ3n) is 4.07. The minimum Gasteiger partial charge on any atom is -0.496 e. The van der Waals surface area contributed by atoms with Crippen LogP contribution in [0.4, 0.5) is 0 Å². The number of hydrogen-bond acceptors (Lipinski definition) is 4. The Hall–Kier alpha value is -1.78. The van der Waals surface area contributed by atoms with Crippen LogP contribution in [0.2, 0.25) is 0 Å². The summed E-state index contributed by atoms with van der Waals surface area (Å²) in [6, 6.07) is 13.0. The molecule has 0 atom stereocenters. The summed E-state index contributed by atoms with van der Waals surface area (Å²) in [7, 11) is 1.72. The second kappa shape index (κ2) is 6.77. The fraction of sp³-hybridized carbons (Fsp3) is 0.211. The van der Waals surface area contributed by atoms with Crippen molar-refractivity contribution < 1.29 is 4.74 Å². The van der Waals surface area contributed by atoms with Crippen molar-refractivity contribution >= 4 is 23.3 Å². The summed E-state index contributed by atoms with van der Waals surface area (Å²) in [5.74, 6) is 0.928. The Balaban J connectivity index is 2.09. The first-order valence-corrected chi connectivity index (χ1v) is 9.38. The standard InChI is InChI=1S/C19H19NOS2/c1-12-9-15(10-18(21-3)13(12)2)19-17(11-20-23-19)14-5-7-16(22-4)8-6-14/h5-11H,1-4H3. The third-order valence-corrected chi connectivity index (χ3v) is 5.67. The van der Waals surface area contributed by atoms with Gasteiger partial charge < -0.3 is 4.74 Å². The van der Waals surface area contributed by atoms with Crippen LogP contribution in [0.3, 0.4) is 0 Å². The molecule has 1 aromatic heterocycles. The Labute approximate surface area is 145 Å². The van der Waals surface area contributed by atoms with E-state index in [0.29, 0.717) is 0 Å². The summed E-state index contributed by atoms with van der Waals surface area (Å²) in [6.07, 6.45) is 4.05. The lowest BCUT2D eigenvalue weighted by Gasteiger charge is -2.11. The number of ether oxygens (including phenoxy) is 1. The van der Waals surface area contributed by atoms with Gasteiger partial charge in [-0.25, -0.2) is 0 Å². The maximum atomic E-state index is 5.52. The molecule has 0 N–H and O–H groups in total. The Morgan fingerprint density at radius 3 is 2.43 bits per heavy atom. The molecule has 0 aliphatic heterocycles. The highest BCUT2D eigenvalue weighted by atomic mass is 32.2. The van der Waals surface area contributed by atoms with Crippen LogP contribution in [0, 0.1) is 13.8 Å². The van der Waals surface area contributed by atoms with E-state index in [2.05, 4.69) is 60.9 Å².